The van der Waals surface area contributed by atoms with Crippen molar-refractivity contribution in [1.82, 2.24) is 0 Å². The first kappa shape index (κ1) is 48.0. The highest BCUT2D eigenvalue weighted by Gasteiger charge is 2.22. The van der Waals surface area contributed by atoms with Crippen LogP contribution in [0.2, 0.25) is 0 Å². The molecular formula is C46H82O4. The lowest BCUT2D eigenvalue weighted by molar-refractivity contribution is -0.163. The Balaban J connectivity index is 4.17. The molecule has 0 aliphatic carbocycles. The Kier molecular flexibility index (Phi) is 38.2. The lowest BCUT2D eigenvalue weighted by Gasteiger charge is -2.15. The van der Waals surface area contributed by atoms with Gasteiger partial charge in [0.25, 0.3) is 0 Å². The van der Waals surface area contributed by atoms with Crippen molar-refractivity contribution in [3.63, 3.8) is 0 Å². The second-order valence-corrected chi connectivity index (χ2v) is 15.2. The van der Waals surface area contributed by atoms with Gasteiger partial charge >= 0.3 is 11.9 Å². The summed E-state index contributed by atoms with van der Waals surface area (Å²) in [5.74, 6) is 0.0517. The van der Waals surface area contributed by atoms with Crippen molar-refractivity contribution in [3.8, 4) is 0 Å². The van der Waals surface area contributed by atoms with Crippen LogP contribution in [-0.2, 0) is 19.1 Å². The highest BCUT2D eigenvalue weighted by atomic mass is 16.6. The van der Waals surface area contributed by atoms with Gasteiger partial charge in [0.15, 0.2) is 0 Å². The highest BCUT2D eigenvalue weighted by Crippen LogP contribution is 2.22. The van der Waals surface area contributed by atoms with Crippen molar-refractivity contribution in [2.24, 2.45) is 11.8 Å². The Labute approximate surface area is 311 Å². The second kappa shape index (κ2) is 39.8. The third kappa shape index (κ3) is 37.3. The maximum absolute atomic E-state index is 13.1. The van der Waals surface area contributed by atoms with Gasteiger partial charge in [0.1, 0.15) is 6.29 Å². The Morgan fingerprint density at radius 3 is 1.36 bits per heavy atom. The summed E-state index contributed by atoms with van der Waals surface area (Å²) in [7, 11) is 0. The average Bonchev–Trinajstić information content (AvgIpc) is 3.10. The van der Waals surface area contributed by atoms with E-state index < -0.39 is 0 Å². The van der Waals surface area contributed by atoms with Gasteiger partial charge in [-0.25, -0.2) is 0 Å². The van der Waals surface area contributed by atoms with Gasteiger partial charge in [-0.05, 0) is 63.7 Å². The molecule has 0 aliphatic rings. The molecule has 1 unspecified atom stereocenters. The number of rotatable bonds is 38. The fourth-order valence-corrected chi connectivity index (χ4v) is 6.55. The van der Waals surface area contributed by atoms with Gasteiger partial charge in [-0.15, -0.1) is 0 Å². The molecule has 0 rings (SSSR count). The van der Waals surface area contributed by atoms with E-state index in [1.807, 2.05) is 0 Å². The molecule has 0 saturated heterocycles. The summed E-state index contributed by atoms with van der Waals surface area (Å²) in [4.78, 5) is 36.0. The number of hydrogen-bond donors (Lipinski definition) is 0. The van der Waals surface area contributed by atoms with Crippen LogP contribution in [-0.4, -0.2) is 18.2 Å². The van der Waals surface area contributed by atoms with Crippen molar-refractivity contribution in [3.05, 3.63) is 36.5 Å². The Morgan fingerprint density at radius 1 is 0.480 bits per heavy atom. The molecule has 0 aromatic carbocycles. The summed E-state index contributed by atoms with van der Waals surface area (Å²) < 4.78 is 5.42. The van der Waals surface area contributed by atoms with Gasteiger partial charge in [0.2, 0.25) is 0 Å². The molecule has 0 aromatic rings. The molecule has 4 nitrogen and oxygen atoms in total. The van der Waals surface area contributed by atoms with E-state index in [1.54, 1.807) is 0 Å². The maximum atomic E-state index is 13.1. The summed E-state index contributed by atoms with van der Waals surface area (Å²) in [6.07, 6.45) is 50.3. The molecular weight excluding hydrogens is 617 g/mol. The van der Waals surface area contributed by atoms with E-state index in [-0.39, 0.29) is 17.9 Å². The van der Waals surface area contributed by atoms with Crippen LogP contribution in [0.5, 0.6) is 0 Å². The van der Waals surface area contributed by atoms with Crippen LogP contribution in [0.15, 0.2) is 36.5 Å². The summed E-state index contributed by atoms with van der Waals surface area (Å²) in [5.41, 5.74) is 0. The van der Waals surface area contributed by atoms with Crippen molar-refractivity contribution in [1.29, 1.82) is 0 Å². The van der Waals surface area contributed by atoms with Crippen molar-refractivity contribution < 1.29 is 19.1 Å². The van der Waals surface area contributed by atoms with E-state index in [0.717, 1.165) is 102 Å². The van der Waals surface area contributed by atoms with Gasteiger partial charge in [-0.2, -0.15) is 0 Å². The van der Waals surface area contributed by atoms with Crippen LogP contribution in [0.4, 0.5) is 0 Å². The number of aldehydes is 1. The number of unbranched alkanes of at least 4 members (excludes halogenated alkanes) is 22. The van der Waals surface area contributed by atoms with Crippen molar-refractivity contribution in [2.75, 3.05) is 0 Å². The molecule has 0 fully saturated rings. The van der Waals surface area contributed by atoms with Crippen molar-refractivity contribution in [2.45, 2.75) is 226 Å². The molecule has 0 aromatic heterocycles. The van der Waals surface area contributed by atoms with Gasteiger partial charge in [-0.1, -0.05) is 192 Å². The van der Waals surface area contributed by atoms with Crippen LogP contribution in [0.25, 0.3) is 0 Å². The van der Waals surface area contributed by atoms with Crippen LogP contribution in [0, 0.1) is 11.8 Å². The Bertz CT molecular complexity index is 839. The quantitative estimate of drug-likeness (QED) is 0.0212. The van der Waals surface area contributed by atoms with Crippen molar-refractivity contribution >= 4 is 18.2 Å². The number of esters is 2. The monoisotopic (exact) mass is 699 g/mol. The smallest absolute Gasteiger partial charge is 0.316 e. The minimum atomic E-state index is -0.326. The zero-order chi connectivity index (χ0) is 36.6. The lowest BCUT2D eigenvalue weighted by Crippen LogP contribution is -2.21. The van der Waals surface area contributed by atoms with Crippen LogP contribution in [0.1, 0.15) is 226 Å². The van der Waals surface area contributed by atoms with E-state index in [4.69, 9.17) is 4.74 Å². The molecule has 0 aliphatic heterocycles. The topological polar surface area (TPSA) is 60.4 Å². The van der Waals surface area contributed by atoms with E-state index in [1.165, 1.54) is 109 Å². The van der Waals surface area contributed by atoms with E-state index in [9.17, 15) is 14.4 Å². The number of carbonyl (C=O) groups excluding carboxylic acids is 3. The van der Waals surface area contributed by atoms with Crippen LogP contribution in [0.3, 0.4) is 0 Å². The minimum absolute atomic E-state index is 0.130. The fraction of sp³-hybridized carbons (Fsp3) is 0.804. The molecule has 4 heteroatoms. The number of ether oxygens (including phenoxy) is 1. The Hall–Kier alpha value is -1.97. The first-order chi connectivity index (χ1) is 24.5. The van der Waals surface area contributed by atoms with Gasteiger partial charge in [0.05, 0.1) is 5.92 Å². The van der Waals surface area contributed by atoms with E-state index in [0.29, 0.717) is 6.42 Å². The third-order valence-electron chi connectivity index (χ3n) is 9.79. The molecule has 50 heavy (non-hydrogen) atoms. The van der Waals surface area contributed by atoms with Gasteiger partial charge in [0, 0.05) is 12.8 Å². The standard InChI is InChI=1S/C46H82O4/c1-4-5-6-7-8-9-10-11-12-16-19-22-25-31-36-41-45(48)50-46(49)44(40-35-30-27-28-33-38-43(2)3)39-34-29-24-21-18-15-13-14-17-20-23-26-32-37-42-47/h5-6,8-9,11-12,42-44H,4,7,10,13-41H2,1-3H3. The predicted molar refractivity (Wildman–Crippen MR) is 216 cm³/mol. The molecule has 0 radical (unpaired) electrons. The molecule has 0 amide bonds. The average molecular weight is 699 g/mol. The summed E-state index contributed by atoms with van der Waals surface area (Å²) in [6, 6.07) is 0. The minimum Gasteiger partial charge on any atom is -0.393 e. The molecule has 0 heterocycles. The highest BCUT2D eigenvalue weighted by molar-refractivity contribution is 5.86. The van der Waals surface area contributed by atoms with E-state index >= 15 is 0 Å². The summed E-state index contributed by atoms with van der Waals surface area (Å²) in [6.45, 7) is 6.74. The fourth-order valence-electron chi connectivity index (χ4n) is 6.55. The lowest BCUT2D eigenvalue weighted by atomic mass is 9.94. The van der Waals surface area contributed by atoms with Crippen LogP contribution < -0.4 is 0 Å². The third-order valence-corrected chi connectivity index (χ3v) is 9.79. The SMILES string of the molecule is CCC=CCC=CCC=CCCCCCCCC(=O)OC(=O)C(CCCCCCCCCCCCCCCC=O)CCCCCCCC(C)C. The molecule has 0 bridgehead atoms. The molecule has 1 atom stereocenters. The maximum Gasteiger partial charge on any atom is 0.316 e. The molecule has 290 valence electrons. The zero-order valence-corrected chi connectivity index (χ0v) is 33.5. The molecule has 0 saturated carbocycles. The Morgan fingerprint density at radius 2 is 0.880 bits per heavy atom. The summed E-state index contributed by atoms with van der Waals surface area (Å²) >= 11 is 0. The van der Waals surface area contributed by atoms with E-state index in [2.05, 4.69) is 57.2 Å². The first-order valence-corrected chi connectivity index (χ1v) is 21.6. The number of carbonyl (C=O) groups is 3. The van der Waals surface area contributed by atoms with Gasteiger partial charge in [-0.3, -0.25) is 9.59 Å². The second-order valence-electron chi connectivity index (χ2n) is 15.2. The normalized spacial score (nSPS) is 12.6. The zero-order valence-electron chi connectivity index (χ0n) is 33.5. The molecule has 0 spiro atoms. The predicted octanol–water partition coefficient (Wildman–Crippen LogP) is 14.7. The first-order valence-electron chi connectivity index (χ1n) is 21.6. The molecule has 0 N–H and O–H groups in total. The largest absolute Gasteiger partial charge is 0.393 e. The van der Waals surface area contributed by atoms with Gasteiger partial charge < -0.3 is 9.53 Å². The van der Waals surface area contributed by atoms with Crippen LogP contribution >= 0.6 is 0 Å². The number of hydrogen-bond acceptors (Lipinski definition) is 4. The summed E-state index contributed by atoms with van der Waals surface area (Å²) in [5, 5.41) is 0. The number of allylic oxidation sites excluding steroid dienone is 6.